The van der Waals surface area contributed by atoms with Crippen molar-refractivity contribution in [2.24, 2.45) is 0 Å². The Labute approximate surface area is 188 Å². The number of nitrogens with zero attached hydrogens (tertiary/aromatic N) is 1. The summed E-state index contributed by atoms with van der Waals surface area (Å²) in [6.45, 7) is 4.54. The van der Waals surface area contributed by atoms with E-state index < -0.39 is 0 Å². The average molecular weight is 432 g/mol. The summed E-state index contributed by atoms with van der Waals surface area (Å²) in [7, 11) is 0. The van der Waals surface area contributed by atoms with E-state index in [4.69, 9.17) is 9.47 Å². The summed E-state index contributed by atoms with van der Waals surface area (Å²) in [4.78, 5) is 2.45. The van der Waals surface area contributed by atoms with Crippen molar-refractivity contribution in [2.75, 3.05) is 32.8 Å². The summed E-state index contributed by atoms with van der Waals surface area (Å²) >= 11 is 0. The number of hydrogen-bond acceptors (Lipinski definition) is 5. The van der Waals surface area contributed by atoms with Gasteiger partial charge in [-0.05, 0) is 67.4 Å². The predicted molar refractivity (Wildman–Crippen MR) is 124 cm³/mol. The molecule has 0 aromatic heterocycles. The molecule has 2 N–H and O–H groups in total. The summed E-state index contributed by atoms with van der Waals surface area (Å²) in [5, 5.41) is 19.6. The van der Waals surface area contributed by atoms with Gasteiger partial charge in [-0.3, -0.25) is 4.90 Å². The third kappa shape index (κ3) is 4.39. The molecule has 2 aliphatic rings. The van der Waals surface area contributed by atoms with Crippen molar-refractivity contribution < 1.29 is 19.7 Å². The second-order valence-corrected chi connectivity index (χ2v) is 8.68. The second-order valence-electron chi connectivity index (χ2n) is 8.68. The van der Waals surface area contributed by atoms with Crippen LogP contribution in [0.4, 0.5) is 0 Å². The van der Waals surface area contributed by atoms with Crippen LogP contribution in [-0.2, 0) is 0 Å². The number of likely N-dealkylation sites (tertiary alicyclic amines) is 1. The third-order valence-electron chi connectivity index (χ3n) is 6.59. The summed E-state index contributed by atoms with van der Waals surface area (Å²) < 4.78 is 12.0. The molecule has 2 atom stereocenters. The fraction of sp³-hybridized carbons (Fsp3) is 0.333. The van der Waals surface area contributed by atoms with E-state index in [2.05, 4.69) is 17.0 Å². The van der Waals surface area contributed by atoms with E-state index in [0.29, 0.717) is 13.2 Å². The molecule has 1 fully saturated rings. The van der Waals surface area contributed by atoms with E-state index in [1.54, 1.807) is 24.3 Å². The summed E-state index contributed by atoms with van der Waals surface area (Å²) in [6.07, 6.45) is 2.59. The molecule has 0 aliphatic carbocycles. The topological polar surface area (TPSA) is 62.2 Å². The lowest BCUT2D eigenvalue weighted by molar-refractivity contribution is 0.237. The quantitative estimate of drug-likeness (QED) is 0.582. The van der Waals surface area contributed by atoms with Crippen LogP contribution in [0.2, 0.25) is 0 Å². The summed E-state index contributed by atoms with van der Waals surface area (Å²) in [5.74, 6) is 2.22. The highest BCUT2D eigenvalue weighted by atomic mass is 16.5. The van der Waals surface area contributed by atoms with Crippen LogP contribution in [0.5, 0.6) is 23.0 Å². The number of hydrogen-bond donors (Lipinski definition) is 2. The van der Waals surface area contributed by atoms with Crippen LogP contribution in [0.1, 0.15) is 41.4 Å². The Morgan fingerprint density at radius 1 is 0.844 bits per heavy atom. The highest BCUT2D eigenvalue weighted by molar-refractivity contribution is 5.51. The smallest absolute Gasteiger partial charge is 0.126 e. The minimum Gasteiger partial charge on any atom is -0.508 e. The standard InChI is InChI=1S/C27H29NO4/c29-21-7-3-19(4-8-21)25-18-32-26-17-22(30)9-12-24(26)27(25)20-5-10-23(11-6-20)31-16-15-28-13-1-2-14-28/h3-12,17,25,27,29-30H,1-2,13-16,18H2/t25-,27-/m1/s1. The Hall–Kier alpha value is -3.18. The molecule has 5 nitrogen and oxygen atoms in total. The molecule has 2 aliphatic heterocycles. The van der Waals surface area contributed by atoms with Crippen molar-refractivity contribution in [3.8, 4) is 23.0 Å². The summed E-state index contributed by atoms with van der Waals surface area (Å²) in [5.41, 5.74) is 3.33. The molecule has 5 heteroatoms. The molecule has 0 saturated carbocycles. The lowest BCUT2D eigenvalue weighted by Crippen LogP contribution is -2.25. The Bertz CT molecular complexity index is 1040. The molecular formula is C27H29NO4. The summed E-state index contributed by atoms with van der Waals surface area (Å²) in [6, 6.07) is 21.0. The average Bonchev–Trinajstić information content (AvgIpc) is 3.33. The lowest BCUT2D eigenvalue weighted by Gasteiger charge is -2.34. The van der Waals surface area contributed by atoms with Crippen LogP contribution in [-0.4, -0.2) is 48.0 Å². The molecule has 0 bridgehead atoms. The number of ether oxygens (including phenoxy) is 2. The van der Waals surface area contributed by atoms with Crippen LogP contribution in [0.25, 0.3) is 0 Å². The highest BCUT2D eigenvalue weighted by Crippen LogP contribution is 2.47. The molecule has 32 heavy (non-hydrogen) atoms. The van der Waals surface area contributed by atoms with E-state index in [-0.39, 0.29) is 23.3 Å². The molecule has 0 unspecified atom stereocenters. The first-order chi connectivity index (χ1) is 15.7. The van der Waals surface area contributed by atoms with Gasteiger partial charge >= 0.3 is 0 Å². The first kappa shape index (κ1) is 20.7. The van der Waals surface area contributed by atoms with Crippen LogP contribution >= 0.6 is 0 Å². The van der Waals surface area contributed by atoms with Crippen molar-refractivity contribution in [3.05, 3.63) is 83.4 Å². The molecule has 0 radical (unpaired) electrons. The van der Waals surface area contributed by atoms with Crippen LogP contribution in [0.15, 0.2) is 66.7 Å². The van der Waals surface area contributed by atoms with Gasteiger partial charge in [-0.1, -0.05) is 30.3 Å². The van der Waals surface area contributed by atoms with Gasteiger partial charge in [0.1, 0.15) is 29.6 Å². The normalized spacial score (nSPS) is 20.5. The third-order valence-corrected chi connectivity index (χ3v) is 6.59. The molecule has 0 spiro atoms. The van der Waals surface area contributed by atoms with Gasteiger partial charge < -0.3 is 19.7 Å². The SMILES string of the molecule is Oc1ccc([C@H]2COc3cc(O)ccc3[C@H]2c2ccc(OCCN3CCCC3)cc2)cc1. The molecule has 0 amide bonds. The predicted octanol–water partition coefficient (Wildman–Crippen LogP) is 4.88. The van der Waals surface area contributed by atoms with Crippen LogP contribution < -0.4 is 9.47 Å². The van der Waals surface area contributed by atoms with Gasteiger partial charge in [0.15, 0.2) is 0 Å². The van der Waals surface area contributed by atoms with Crippen molar-refractivity contribution in [1.82, 2.24) is 4.90 Å². The Kier molecular flexibility index (Phi) is 5.91. The number of benzene rings is 3. The van der Waals surface area contributed by atoms with Gasteiger partial charge in [0.25, 0.3) is 0 Å². The Balaban J connectivity index is 1.39. The van der Waals surface area contributed by atoms with Gasteiger partial charge in [0.05, 0.1) is 6.61 Å². The maximum Gasteiger partial charge on any atom is 0.126 e. The van der Waals surface area contributed by atoms with E-state index in [1.807, 2.05) is 30.3 Å². The lowest BCUT2D eigenvalue weighted by atomic mass is 9.76. The van der Waals surface area contributed by atoms with Crippen molar-refractivity contribution in [1.29, 1.82) is 0 Å². The van der Waals surface area contributed by atoms with Gasteiger partial charge in [0.2, 0.25) is 0 Å². The highest BCUT2D eigenvalue weighted by Gasteiger charge is 2.33. The fourth-order valence-electron chi connectivity index (χ4n) is 4.89. The molecule has 3 aromatic rings. The minimum atomic E-state index is 0.0718. The maximum atomic E-state index is 9.93. The maximum absolute atomic E-state index is 9.93. The zero-order chi connectivity index (χ0) is 21.9. The van der Waals surface area contributed by atoms with Gasteiger partial charge in [-0.15, -0.1) is 0 Å². The number of fused-ring (bicyclic) bond motifs is 1. The Morgan fingerprint density at radius 3 is 2.28 bits per heavy atom. The van der Waals surface area contributed by atoms with Gasteiger partial charge in [0, 0.05) is 30.0 Å². The Morgan fingerprint density at radius 2 is 1.53 bits per heavy atom. The zero-order valence-electron chi connectivity index (χ0n) is 18.1. The van der Waals surface area contributed by atoms with E-state index >= 15 is 0 Å². The number of aromatic hydroxyl groups is 2. The molecule has 5 rings (SSSR count). The number of phenols is 2. The number of rotatable bonds is 6. The second kappa shape index (κ2) is 9.13. The molecule has 166 valence electrons. The first-order valence-electron chi connectivity index (χ1n) is 11.4. The van der Waals surface area contributed by atoms with Crippen molar-refractivity contribution >= 4 is 0 Å². The molecule has 2 heterocycles. The van der Waals surface area contributed by atoms with E-state index in [1.165, 1.54) is 31.5 Å². The van der Waals surface area contributed by atoms with E-state index in [0.717, 1.165) is 29.2 Å². The molecule has 1 saturated heterocycles. The van der Waals surface area contributed by atoms with Crippen LogP contribution in [0, 0.1) is 0 Å². The van der Waals surface area contributed by atoms with Crippen LogP contribution in [0.3, 0.4) is 0 Å². The van der Waals surface area contributed by atoms with Crippen molar-refractivity contribution in [2.45, 2.75) is 24.7 Å². The zero-order valence-corrected chi connectivity index (χ0v) is 18.1. The molecular weight excluding hydrogens is 402 g/mol. The van der Waals surface area contributed by atoms with Gasteiger partial charge in [-0.25, -0.2) is 0 Å². The largest absolute Gasteiger partial charge is 0.508 e. The van der Waals surface area contributed by atoms with Gasteiger partial charge in [-0.2, -0.15) is 0 Å². The van der Waals surface area contributed by atoms with E-state index in [9.17, 15) is 10.2 Å². The molecule has 3 aromatic carbocycles. The van der Waals surface area contributed by atoms with Crippen molar-refractivity contribution in [3.63, 3.8) is 0 Å². The fourth-order valence-corrected chi connectivity index (χ4v) is 4.89. The number of phenolic OH excluding ortho intramolecular Hbond substituents is 2. The minimum absolute atomic E-state index is 0.0718. The first-order valence-corrected chi connectivity index (χ1v) is 11.4. The monoisotopic (exact) mass is 431 g/mol.